The molecule has 0 atom stereocenters. The predicted molar refractivity (Wildman–Crippen MR) is 485 cm³/mol. The van der Waals surface area contributed by atoms with Gasteiger partial charge in [0.2, 0.25) is 5.52 Å². The van der Waals surface area contributed by atoms with Crippen LogP contribution in [0.5, 0.6) is 0 Å². The van der Waals surface area contributed by atoms with Gasteiger partial charge in [-0.15, -0.1) is 28.6 Å². The summed E-state index contributed by atoms with van der Waals surface area (Å²) < 4.78 is 21.0. The topological polar surface area (TPSA) is 117 Å². The van der Waals surface area contributed by atoms with E-state index >= 15 is 0 Å². The summed E-state index contributed by atoms with van der Waals surface area (Å²) in [6.45, 7) is 26.3. The van der Waals surface area contributed by atoms with E-state index in [0.717, 1.165) is 81.1 Å². The van der Waals surface area contributed by atoms with Crippen LogP contribution in [0.1, 0.15) is 149 Å². The van der Waals surface area contributed by atoms with Crippen molar-refractivity contribution in [2.75, 3.05) is 0 Å². The predicted octanol–water partition coefficient (Wildman–Crippen LogP) is 22.2. The van der Waals surface area contributed by atoms with Gasteiger partial charge in [0.25, 0.3) is 27.6 Å². The summed E-state index contributed by atoms with van der Waals surface area (Å²) in [5.41, 5.74) is 35.1. The Hall–Kier alpha value is -13.5. The number of para-hydroxylation sites is 4. The minimum absolute atomic E-state index is 0. The average Bonchev–Trinajstić information content (AvgIpc) is 1.55. The molecule has 15 aromatic heterocycles. The molecule has 4 aliphatic rings. The number of nitrogens with zero attached hydrogens (tertiary/aromatic N) is 15. The number of benzene rings is 9. The summed E-state index contributed by atoms with van der Waals surface area (Å²) in [6, 6.07) is 83.8. The molecule has 587 valence electrons. The molecule has 24 aromatic rings. The van der Waals surface area contributed by atoms with Crippen LogP contribution < -0.4 is 18.2 Å². The number of hydrogen-bond acceptors (Lipinski definition) is 6. The molecule has 1 radical (unpaired) electrons. The largest absolute Gasteiger partial charge is 0.272 e. The summed E-state index contributed by atoms with van der Waals surface area (Å²) in [4.78, 5) is 23.9. The number of pyridine rings is 10. The Labute approximate surface area is 709 Å². The van der Waals surface area contributed by atoms with Gasteiger partial charge in [-0.2, -0.15) is 29.4 Å². The van der Waals surface area contributed by atoms with Crippen LogP contribution in [0.3, 0.4) is 0 Å². The van der Waals surface area contributed by atoms with Gasteiger partial charge in [-0.25, -0.2) is 9.97 Å². The number of fused-ring (bicyclic) bond motifs is 29. The van der Waals surface area contributed by atoms with Crippen LogP contribution in [0.4, 0.5) is 0 Å². The maximum absolute atomic E-state index is 4.88. The van der Waals surface area contributed by atoms with Crippen molar-refractivity contribution in [1.82, 2.24) is 53.1 Å². The third-order valence-corrected chi connectivity index (χ3v) is 26.3. The van der Waals surface area contributed by atoms with Crippen LogP contribution in [0.2, 0.25) is 0 Å². The minimum Gasteiger partial charge on any atom is -0.255 e. The second-order valence-electron chi connectivity index (χ2n) is 34.7. The second-order valence-corrected chi connectivity index (χ2v) is 34.7. The maximum Gasteiger partial charge on any atom is 0.272 e. The van der Waals surface area contributed by atoms with Crippen molar-refractivity contribution in [1.29, 1.82) is 0 Å². The zero-order chi connectivity index (χ0) is 80.5. The van der Waals surface area contributed by atoms with Gasteiger partial charge >= 0.3 is 0 Å². The third kappa shape index (κ3) is 10.3. The van der Waals surface area contributed by atoms with Gasteiger partial charge in [-0.1, -0.05) is 192 Å². The van der Waals surface area contributed by atoms with E-state index in [9.17, 15) is 0 Å². The first-order valence-corrected chi connectivity index (χ1v) is 42.5. The van der Waals surface area contributed by atoms with E-state index in [1.807, 2.05) is 59.8 Å². The number of aromatic nitrogens is 15. The summed E-state index contributed by atoms with van der Waals surface area (Å²) in [6.07, 6.45) is 11.8. The summed E-state index contributed by atoms with van der Waals surface area (Å²) in [5, 5.41) is 22.9. The standard InChI is InChI=1S/3C22H18N3.C21H16N3.C18H16N3.Ir/c1-13(2)15-7-4-8-16-17-9-3-6-14-12-24-18-10-5-11-23-20(18)22(19(15)16)25(24)21(14)17;1-13(2)15-7-5-8-17-19(15)20-21-14(10-11-23-20)12-24-18-9-4-3-6-16(18)22(17)25(21)24;1-13(2)15-10-9-14-12-24-18-8-4-3-6-16(18)22-17-7-5-11-23-20(17)19(15)21(14)25(22)24;1-13(2)14-8-5-10-17-19(14)21-20-16(9-6-12-22-20)15-7-3-4-11-18(15)24(21)23-17;1-11(2)13-4-3-5-14-15-7-9-20-10-12-6-8-19-17(16(13)14)18(12)21(15)20;/h3*3-11,13H,12H2,1-2H3;3-10,12-13H,1-2H3;3-9,11H,10H2,1-2H3;/q3*+1;-1;+1;. The minimum atomic E-state index is 0. The van der Waals surface area contributed by atoms with Crippen molar-refractivity contribution in [2.45, 2.75) is 125 Å². The van der Waals surface area contributed by atoms with Gasteiger partial charge in [0.1, 0.15) is 58.3 Å². The van der Waals surface area contributed by atoms with Crippen molar-refractivity contribution in [3.8, 4) is 0 Å². The van der Waals surface area contributed by atoms with E-state index in [4.69, 9.17) is 30.0 Å². The Kier molecular flexibility index (Phi) is 16.4. The molecule has 0 fully saturated rings. The molecule has 0 saturated carbocycles. The molecule has 0 bridgehead atoms. The fraction of sp³-hybridized carbons (Fsp3) is 0.181. The van der Waals surface area contributed by atoms with Crippen LogP contribution in [0, 0.1) is 6.07 Å². The molecular formula is C105H86IrN15+3. The molecule has 19 heterocycles. The molecule has 0 N–H and O–H groups in total. The van der Waals surface area contributed by atoms with E-state index in [-0.39, 0.29) is 20.1 Å². The third-order valence-electron chi connectivity index (χ3n) is 26.3. The summed E-state index contributed by atoms with van der Waals surface area (Å²) in [5.74, 6) is 2.32. The van der Waals surface area contributed by atoms with E-state index in [1.165, 1.54) is 175 Å². The molecule has 28 rings (SSSR count). The Morgan fingerprint density at radius 1 is 0.306 bits per heavy atom. The summed E-state index contributed by atoms with van der Waals surface area (Å²) in [7, 11) is 0. The first-order chi connectivity index (χ1) is 58.8. The van der Waals surface area contributed by atoms with E-state index in [0.29, 0.717) is 29.6 Å². The Balaban J connectivity index is 0.0000000880. The van der Waals surface area contributed by atoms with E-state index in [1.54, 1.807) is 0 Å². The van der Waals surface area contributed by atoms with Gasteiger partial charge in [-0.05, 0) is 159 Å². The van der Waals surface area contributed by atoms with Gasteiger partial charge < -0.3 is 0 Å². The molecule has 0 saturated heterocycles. The Bertz CT molecular complexity index is 8620. The van der Waals surface area contributed by atoms with E-state index < -0.39 is 0 Å². The zero-order valence-electron chi connectivity index (χ0n) is 69.1. The zero-order valence-corrected chi connectivity index (χ0v) is 71.5. The fourth-order valence-corrected chi connectivity index (χ4v) is 21.2. The number of rotatable bonds is 5. The monoisotopic (exact) mass is 1750 g/mol. The quantitative estimate of drug-likeness (QED) is 0.0962. The van der Waals surface area contributed by atoms with Crippen molar-refractivity contribution >= 4 is 180 Å². The fourth-order valence-electron chi connectivity index (χ4n) is 21.2. The average molecular weight is 1750 g/mol. The molecule has 9 aromatic carbocycles. The Morgan fingerprint density at radius 2 is 0.802 bits per heavy atom. The molecule has 0 unspecified atom stereocenters. The normalized spacial score (nSPS) is 13.0. The van der Waals surface area contributed by atoms with Crippen LogP contribution in [0.25, 0.3) is 180 Å². The molecule has 4 aliphatic heterocycles. The SMILES string of the molecule is CC(C)c1ccc2c3c1c1ncccc1c1c4ccccc4n([n+]31)C2.CC(C)c1cccc2c1c1nccc3c1[n+]1c2c2ccccc2n1C3.CC(C)c1cccc2c1c1nccc3c1n1c2cc[n+]1C3.CC(C)c1cccc2c3cccc4c3[n+]3c(c5ncccc5n3C4)c12.CC(C)c1cccc2nn3c4[c-]cccc4c4cccnc4c3c12.[Ir]. The van der Waals surface area contributed by atoms with Crippen LogP contribution in [-0.4, -0.2) is 53.1 Å². The molecule has 0 amide bonds. The smallest absolute Gasteiger partial charge is 0.255 e. The van der Waals surface area contributed by atoms with Gasteiger partial charge in [0.15, 0.2) is 18.3 Å². The molecule has 0 aliphatic carbocycles. The molecule has 121 heavy (non-hydrogen) atoms. The van der Waals surface area contributed by atoms with Crippen molar-refractivity contribution in [3.63, 3.8) is 0 Å². The molecule has 0 spiro atoms. The van der Waals surface area contributed by atoms with Crippen LogP contribution in [0.15, 0.2) is 262 Å². The second kappa shape index (κ2) is 27.3. The number of hydrogen-bond donors (Lipinski definition) is 0. The first kappa shape index (κ1) is 72.7. The van der Waals surface area contributed by atoms with Crippen LogP contribution >= 0.6 is 0 Å². The van der Waals surface area contributed by atoms with Crippen molar-refractivity contribution in [3.05, 3.63) is 318 Å². The van der Waals surface area contributed by atoms with Crippen molar-refractivity contribution < 1.29 is 38.3 Å². The first-order valence-electron chi connectivity index (χ1n) is 42.5. The van der Waals surface area contributed by atoms with Gasteiger partial charge in [0.05, 0.1) is 82.0 Å². The van der Waals surface area contributed by atoms with Crippen LogP contribution in [-0.2, 0) is 46.3 Å². The molecule has 16 heteroatoms. The van der Waals surface area contributed by atoms with E-state index in [2.05, 4.69) is 318 Å². The molecular weight excluding hydrogens is 1660 g/mol. The summed E-state index contributed by atoms with van der Waals surface area (Å²) >= 11 is 0. The van der Waals surface area contributed by atoms with Crippen molar-refractivity contribution in [2.24, 2.45) is 0 Å². The Morgan fingerprint density at radius 3 is 1.51 bits per heavy atom. The van der Waals surface area contributed by atoms with Gasteiger partial charge in [-0.3, -0.25) is 19.5 Å². The molecule has 15 nitrogen and oxygen atoms in total. The van der Waals surface area contributed by atoms with Gasteiger partial charge in [0, 0.05) is 84.1 Å². The maximum atomic E-state index is 4.88.